The smallest absolute Gasteiger partial charge is 0.306 e. The lowest BCUT2D eigenvalue weighted by atomic mass is 10.1. The van der Waals surface area contributed by atoms with Crippen LogP contribution in [0, 0.1) is 0 Å². The Morgan fingerprint density at radius 3 is 1.09 bits per heavy atom. The summed E-state index contributed by atoms with van der Waals surface area (Å²) in [5, 5.41) is 0. The summed E-state index contributed by atoms with van der Waals surface area (Å²) in [5.41, 5.74) is 0. The highest BCUT2D eigenvalue weighted by molar-refractivity contribution is 5.71. The van der Waals surface area contributed by atoms with Gasteiger partial charge in [-0.15, -0.1) is 0 Å². The molecule has 0 N–H and O–H groups in total. The molecule has 0 saturated heterocycles. The van der Waals surface area contributed by atoms with Crippen molar-refractivity contribution in [2.75, 3.05) is 13.2 Å². The Morgan fingerprint density at radius 1 is 0.362 bits per heavy atom. The first kappa shape index (κ1) is 55.4. The Morgan fingerprint density at radius 2 is 0.672 bits per heavy atom. The number of allylic oxidation sites excluding steroid dienone is 8. The number of unbranched alkanes of at least 4 members (excludes halogenated alkanes) is 25. The molecule has 0 bridgehead atoms. The second kappa shape index (κ2) is 47.1. The van der Waals surface area contributed by atoms with E-state index >= 15 is 0 Å². The molecule has 0 aliphatic heterocycles. The number of carbonyl (C=O) groups is 3. The number of hydrogen-bond acceptors (Lipinski definition) is 6. The van der Waals surface area contributed by atoms with Gasteiger partial charge >= 0.3 is 17.9 Å². The normalized spacial score (nSPS) is 12.4. The van der Waals surface area contributed by atoms with E-state index in [9.17, 15) is 14.4 Å². The summed E-state index contributed by atoms with van der Waals surface area (Å²) in [5.74, 6) is -0.905. The minimum Gasteiger partial charge on any atom is -0.462 e. The van der Waals surface area contributed by atoms with Gasteiger partial charge in [0.05, 0.1) is 0 Å². The van der Waals surface area contributed by atoms with Gasteiger partial charge in [-0.3, -0.25) is 14.4 Å². The van der Waals surface area contributed by atoms with Crippen LogP contribution in [0.3, 0.4) is 0 Å². The average molecular weight is 813 g/mol. The van der Waals surface area contributed by atoms with Crippen molar-refractivity contribution in [3.63, 3.8) is 0 Å². The van der Waals surface area contributed by atoms with E-state index in [-0.39, 0.29) is 31.1 Å². The van der Waals surface area contributed by atoms with Gasteiger partial charge in [-0.25, -0.2) is 0 Å². The average Bonchev–Trinajstić information content (AvgIpc) is 3.22. The zero-order chi connectivity index (χ0) is 42.3. The van der Waals surface area contributed by atoms with Crippen LogP contribution in [0.4, 0.5) is 0 Å². The van der Waals surface area contributed by atoms with E-state index in [1.807, 2.05) is 0 Å². The molecule has 0 spiro atoms. The van der Waals surface area contributed by atoms with Gasteiger partial charge in [0.25, 0.3) is 0 Å². The summed E-state index contributed by atoms with van der Waals surface area (Å²) >= 11 is 0. The van der Waals surface area contributed by atoms with Gasteiger partial charge < -0.3 is 14.2 Å². The molecule has 58 heavy (non-hydrogen) atoms. The number of carbonyl (C=O) groups excluding carboxylic acids is 3. The highest BCUT2D eigenvalue weighted by Crippen LogP contribution is 2.14. The molecule has 0 heterocycles. The zero-order valence-electron chi connectivity index (χ0n) is 38.3. The van der Waals surface area contributed by atoms with Crippen LogP contribution in [0.25, 0.3) is 0 Å². The fourth-order valence-electron chi connectivity index (χ4n) is 6.86. The second-order valence-electron chi connectivity index (χ2n) is 16.3. The predicted octanol–water partition coefficient (Wildman–Crippen LogP) is 15.9. The van der Waals surface area contributed by atoms with E-state index in [1.54, 1.807) is 0 Å². The minimum absolute atomic E-state index is 0.0817. The lowest BCUT2D eigenvalue weighted by Gasteiger charge is -2.18. The summed E-state index contributed by atoms with van der Waals surface area (Å²) in [6.45, 7) is 6.49. The van der Waals surface area contributed by atoms with Gasteiger partial charge in [-0.1, -0.05) is 198 Å². The van der Waals surface area contributed by atoms with Crippen molar-refractivity contribution in [1.82, 2.24) is 0 Å². The molecule has 1 unspecified atom stereocenters. The molecule has 0 amide bonds. The quantitative estimate of drug-likeness (QED) is 0.0264. The van der Waals surface area contributed by atoms with Crippen LogP contribution in [0.15, 0.2) is 48.6 Å². The third kappa shape index (κ3) is 44.5. The summed E-state index contributed by atoms with van der Waals surface area (Å²) in [6, 6.07) is 0. The van der Waals surface area contributed by atoms with Gasteiger partial charge in [-0.05, 0) is 77.0 Å². The molecule has 6 nitrogen and oxygen atoms in total. The maximum absolute atomic E-state index is 12.7. The van der Waals surface area contributed by atoms with E-state index in [1.165, 1.54) is 116 Å². The monoisotopic (exact) mass is 813 g/mol. The number of esters is 3. The first-order valence-corrected chi connectivity index (χ1v) is 24.6. The Hall–Kier alpha value is -2.63. The third-order valence-corrected chi connectivity index (χ3v) is 10.6. The van der Waals surface area contributed by atoms with Crippen molar-refractivity contribution in [1.29, 1.82) is 0 Å². The second-order valence-corrected chi connectivity index (χ2v) is 16.3. The first-order valence-electron chi connectivity index (χ1n) is 24.6. The molecule has 0 fully saturated rings. The summed E-state index contributed by atoms with van der Waals surface area (Å²) in [6.07, 6.45) is 55.2. The van der Waals surface area contributed by atoms with Crippen molar-refractivity contribution in [3.05, 3.63) is 48.6 Å². The largest absolute Gasteiger partial charge is 0.462 e. The van der Waals surface area contributed by atoms with Crippen LogP contribution >= 0.6 is 0 Å². The topological polar surface area (TPSA) is 78.9 Å². The Bertz CT molecular complexity index is 1030. The van der Waals surface area contributed by atoms with Crippen LogP contribution in [0.2, 0.25) is 0 Å². The molecule has 336 valence electrons. The minimum atomic E-state index is -0.782. The van der Waals surface area contributed by atoms with E-state index in [0.717, 1.165) is 89.9 Å². The van der Waals surface area contributed by atoms with Crippen LogP contribution in [-0.4, -0.2) is 37.2 Å². The molecule has 0 aromatic carbocycles. The fraction of sp³-hybridized carbons (Fsp3) is 0.788. The van der Waals surface area contributed by atoms with Crippen molar-refractivity contribution in [2.45, 2.75) is 252 Å². The molecule has 0 aromatic rings. The lowest BCUT2D eigenvalue weighted by molar-refractivity contribution is -0.167. The number of hydrogen-bond donors (Lipinski definition) is 0. The Labute approximate surface area is 358 Å². The highest BCUT2D eigenvalue weighted by atomic mass is 16.6. The highest BCUT2D eigenvalue weighted by Gasteiger charge is 2.19. The van der Waals surface area contributed by atoms with Crippen LogP contribution in [-0.2, 0) is 28.6 Å². The first-order chi connectivity index (χ1) is 28.5. The fourth-order valence-corrected chi connectivity index (χ4v) is 6.86. The standard InChI is InChI=1S/C52H92O6/c1-4-7-10-13-16-19-22-24-26-28-30-33-36-39-42-45-51(54)57-48-49(47-56-50(53)44-41-38-35-32-29-21-18-15-12-9-6-3)58-52(55)46-43-40-37-34-31-27-25-23-20-17-14-11-8-5-2/h8,11,17,19-20,22,25,27,49H,4-7,9-10,12-16,18,21,23-24,26,28-48H2,1-3H3/b11-8-,20-17-,22-19-,27-25-. The molecule has 0 saturated carbocycles. The van der Waals surface area contributed by atoms with Gasteiger partial charge in [0.15, 0.2) is 6.10 Å². The number of ether oxygens (including phenoxy) is 3. The van der Waals surface area contributed by atoms with Gasteiger partial charge in [0.1, 0.15) is 13.2 Å². The maximum atomic E-state index is 12.7. The molecule has 0 aliphatic rings. The zero-order valence-corrected chi connectivity index (χ0v) is 38.3. The van der Waals surface area contributed by atoms with Gasteiger partial charge in [-0.2, -0.15) is 0 Å². The maximum Gasteiger partial charge on any atom is 0.306 e. The van der Waals surface area contributed by atoms with Gasteiger partial charge in [0, 0.05) is 19.3 Å². The molecular formula is C52H92O6. The van der Waals surface area contributed by atoms with Crippen molar-refractivity contribution in [2.24, 2.45) is 0 Å². The lowest BCUT2D eigenvalue weighted by Crippen LogP contribution is -2.30. The molecule has 0 radical (unpaired) electrons. The van der Waals surface area contributed by atoms with Gasteiger partial charge in [0.2, 0.25) is 0 Å². The summed E-state index contributed by atoms with van der Waals surface area (Å²) in [4.78, 5) is 37.8. The van der Waals surface area contributed by atoms with E-state index in [2.05, 4.69) is 69.4 Å². The van der Waals surface area contributed by atoms with Crippen molar-refractivity contribution < 1.29 is 28.6 Å². The van der Waals surface area contributed by atoms with Crippen molar-refractivity contribution >= 4 is 17.9 Å². The number of rotatable bonds is 44. The van der Waals surface area contributed by atoms with Crippen molar-refractivity contribution in [3.8, 4) is 0 Å². The molecule has 0 rings (SSSR count). The Balaban J connectivity index is 4.40. The van der Waals surface area contributed by atoms with E-state index in [0.29, 0.717) is 19.3 Å². The van der Waals surface area contributed by atoms with Crippen LogP contribution in [0.5, 0.6) is 0 Å². The SMILES string of the molecule is CC/C=C\C/C=C\C/C=C\CCCCCCC(=O)OC(COC(=O)CCCCCCCCC/C=C\CCCCCC)COC(=O)CCCCCCCCCCCCC. The molecule has 1 atom stereocenters. The predicted molar refractivity (Wildman–Crippen MR) is 247 cm³/mol. The van der Waals surface area contributed by atoms with Crippen LogP contribution < -0.4 is 0 Å². The summed E-state index contributed by atoms with van der Waals surface area (Å²) < 4.78 is 16.7. The molecule has 0 aliphatic carbocycles. The summed E-state index contributed by atoms with van der Waals surface area (Å²) in [7, 11) is 0. The molecule has 0 aromatic heterocycles. The van der Waals surface area contributed by atoms with Crippen LogP contribution in [0.1, 0.15) is 245 Å². The third-order valence-electron chi connectivity index (χ3n) is 10.6. The Kier molecular flexibility index (Phi) is 44.9. The van der Waals surface area contributed by atoms with E-state index < -0.39 is 6.10 Å². The van der Waals surface area contributed by atoms with E-state index in [4.69, 9.17) is 14.2 Å². The molecular weight excluding hydrogens is 721 g/mol. The molecule has 6 heteroatoms.